The van der Waals surface area contributed by atoms with Gasteiger partial charge in [0, 0.05) is 24.8 Å². The average molecular weight is 252 g/mol. The van der Waals surface area contributed by atoms with Gasteiger partial charge in [0.1, 0.15) is 0 Å². The normalized spacial score (nSPS) is 25.3. The molecule has 0 radical (unpaired) electrons. The van der Waals surface area contributed by atoms with Crippen molar-refractivity contribution >= 4 is 5.91 Å². The molecule has 4 nitrogen and oxygen atoms in total. The fourth-order valence-electron chi connectivity index (χ4n) is 2.33. The molecule has 0 aromatic carbocycles. The average Bonchev–Trinajstić information content (AvgIpc) is 2.34. The highest BCUT2D eigenvalue weighted by Crippen LogP contribution is 2.42. The number of halogens is 1. The third-order valence-electron chi connectivity index (χ3n) is 3.78. The molecule has 0 aliphatic heterocycles. The van der Waals surface area contributed by atoms with Crippen LogP contribution in [0.2, 0.25) is 0 Å². The first-order chi connectivity index (χ1) is 8.46. The molecule has 1 amide bonds. The van der Waals surface area contributed by atoms with E-state index < -0.39 is 11.7 Å². The van der Waals surface area contributed by atoms with Gasteiger partial charge in [-0.3, -0.25) is 9.78 Å². The Morgan fingerprint density at radius 3 is 2.89 bits per heavy atom. The summed E-state index contributed by atoms with van der Waals surface area (Å²) in [5.41, 5.74) is -0.102. The van der Waals surface area contributed by atoms with Crippen molar-refractivity contribution < 1.29 is 13.9 Å². The van der Waals surface area contributed by atoms with Crippen molar-refractivity contribution in [2.45, 2.75) is 32.4 Å². The van der Waals surface area contributed by atoms with E-state index in [0.717, 1.165) is 12.6 Å². The van der Waals surface area contributed by atoms with Crippen LogP contribution in [0.25, 0.3) is 0 Å². The van der Waals surface area contributed by atoms with Crippen molar-refractivity contribution in [3.63, 3.8) is 0 Å². The van der Waals surface area contributed by atoms with Gasteiger partial charge < -0.3 is 10.1 Å². The number of nitrogens with zero attached hydrogens (tertiary/aromatic N) is 1. The lowest BCUT2D eigenvalue weighted by molar-refractivity contribution is -0.0942. The fourth-order valence-corrected chi connectivity index (χ4v) is 2.33. The van der Waals surface area contributed by atoms with Crippen LogP contribution in [-0.2, 0) is 4.74 Å². The van der Waals surface area contributed by atoms with Crippen molar-refractivity contribution in [1.29, 1.82) is 0 Å². The summed E-state index contributed by atoms with van der Waals surface area (Å²) in [7, 11) is 1.66. The van der Waals surface area contributed by atoms with E-state index in [1.165, 1.54) is 12.3 Å². The largest absolute Gasteiger partial charge is 0.381 e. The summed E-state index contributed by atoms with van der Waals surface area (Å²) in [6.07, 6.45) is 3.33. The number of hydrogen-bond donors (Lipinski definition) is 1. The third-order valence-corrected chi connectivity index (χ3v) is 3.78. The van der Waals surface area contributed by atoms with Crippen LogP contribution in [0, 0.1) is 11.2 Å². The summed E-state index contributed by atoms with van der Waals surface area (Å²) in [4.78, 5) is 15.6. The molecule has 1 fully saturated rings. The minimum absolute atomic E-state index is 0.00233. The molecule has 1 saturated carbocycles. The van der Waals surface area contributed by atoms with E-state index in [4.69, 9.17) is 4.74 Å². The molecule has 1 heterocycles. The van der Waals surface area contributed by atoms with Gasteiger partial charge in [-0.1, -0.05) is 13.8 Å². The number of carbonyl (C=O) groups is 1. The Morgan fingerprint density at radius 2 is 2.33 bits per heavy atom. The van der Waals surface area contributed by atoms with Crippen LogP contribution in [0.1, 0.15) is 30.6 Å². The molecule has 1 aromatic rings. The molecule has 1 aliphatic rings. The van der Waals surface area contributed by atoms with Gasteiger partial charge in [0.25, 0.3) is 5.91 Å². The van der Waals surface area contributed by atoms with Gasteiger partial charge in [-0.2, -0.15) is 0 Å². The highest BCUT2D eigenvalue weighted by molar-refractivity contribution is 5.94. The summed E-state index contributed by atoms with van der Waals surface area (Å²) in [5.74, 6) is -1.00. The quantitative estimate of drug-likeness (QED) is 0.892. The van der Waals surface area contributed by atoms with Gasteiger partial charge in [-0.15, -0.1) is 0 Å². The van der Waals surface area contributed by atoms with E-state index in [2.05, 4.69) is 10.3 Å². The van der Waals surface area contributed by atoms with Gasteiger partial charge in [-0.25, -0.2) is 4.39 Å². The zero-order valence-corrected chi connectivity index (χ0v) is 10.7. The number of methoxy groups -OCH3 is 1. The van der Waals surface area contributed by atoms with Gasteiger partial charge in [-0.05, 0) is 12.5 Å². The predicted octanol–water partition coefficient (Wildman–Crippen LogP) is 1.76. The maximum absolute atomic E-state index is 13.4. The molecule has 1 N–H and O–H groups in total. The van der Waals surface area contributed by atoms with E-state index in [1.54, 1.807) is 7.11 Å². The SMILES string of the molecule is COC1CC(NC(=O)c2ccncc2F)C1(C)C. The number of pyridine rings is 1. The molecule has 1 aliphatic carbocycles. The molecule has 18 heavy (non-hydrogen) atoms. The van der Waals surface area contributed by atoms with Crippen LogP contribution in [0.4, 0.5) is 4.39 Å². The van der Waals surface area contributed by atoms with Crippen molar-refractivity contribution in [3.8, 4) is 0 Å². The number of hydrogen-bond acceptors (Lipinski definition) is 3. The van der Waals surface area contributed by atoms with Crippen molar-refractivity contribution in [1.82, 2.24) is 10.3 Å². The Kier molecular flexibility index (Phi) is 3.34. The van der Waals surface area contributed by atoms with Crippen molar-refractivity contribution in [2.75, 3.05) is 7.11 Å². The number of nitrogens with one attached hydrogen (secondary N) is 1. The van der Waals surface area contributed by atoms with Crippen LogP contribution in [-0.4, -0.2) is 30.1 Å². The lowest BCUT2D eigenvalue weighted by Crippen LogP contribution is -2.61. The summed E-state index contributed by atoms with van der Waals surface area (Å²) < 4.78 is 18.7. The predicted molar refractivity (Wildman–Crippen MR) is 64.6 cm³/mol. The van der Waals surface area contributed by atoms with Crippen LogP contribution in [0.3, 0.4) is 0 Å². The Hall–Kier alpha value is -1.49. The third kappa shape index (κ3) is 2.10. The zero-order chi connectivity index (χ0) is 13.3. The number of aromatic nitrogens is 1. The highest BCUT2D eigenvalue weighted by Gasteiger charge is 2.49. The summed E-state index contributed by atoms with van der Waals surface area (Å²) >= 11 is 0. The van der Waals surface area contributed by atoms with E-state index in [-0.39, 0.29) is 23.1 Å². The van der Waals surface area contributed by atoms with Crippen LogP contribution in [0.5, 0.6) is 0 Å². The van der Waals surface area contributed by atoms with Crippen LogP contribution in [0.15, 0.2) is 18.5 Å². The second-order valence-corrected chi connectivity index (χ2v) is 5.16. The second kappa shape index (κ2) is 4.65. The number of rotatable bonds is 3. The standard InChI is InChI=1S/C13H17FN2O2/c1-13(2)10(6-11(13)18-3)16-12(17)8-4-5-15-7-9(8)14/h4-5,7,10-11H,6H2,1-3H3,(H,16,17). The number of carbonyl (C=O) groups excluding carboxylic acids is 1. The number of ether oxygens (including phenoxy) is 1. The maximum atomic E-state index is 13.4. The lowest BCUT2D eigenvalue weighted by atomic mass is 9.64. The molecule has 2 rings (SSSR count). The van der Waals surface area contributed by atoms with Crippen molar-refractivity contribution in [2.24, 2.45) is 5.41 Å². The molecule has 0 saturated heterocycles. The van der Waals surface area contributed by atoms with Gasteiger partial charge >= 0.3 is 0 Å². The molecule has 2 atom stereocenters. The topological polar surface area (TPSA) is 51.2 Å². The van der Waals surface area contributed by atoms with E-state index in [9.17, 15) is 9.18 Å². The first-order valence-electron chi connectivity index (χ1n) is 5.90. The minimum Gasteiger partial charge on any atom is -0.381 e. The first kappa shape index (κ1) is 13.0. The smallest absolute Gasteiger partial charge is 0.254 e. The summed E-state index contributed by atoms with van der Waals surface area (Å²) in [5, 5.41) is 2.84. The first-order valence-corrected chi connectivity index (χ1v) is 5.90. The molecular formula is C13H17FN2O2. The minimum atomic E-state index is -0.601. The number of amides is 1. The van der Waals surface area contributed by atoms with E-state index in [1.807, 2.05) is 13.8 Å². The van der Waals surface area contributed by atoms with Crippen LogP contribution >= 0.6 is 0 Å². The molecule has 0 bridgehead atoms. The van der Waals surface area contributed by atoms with Gasteiger partial charge in [0.15, 0.2) is 5.82 Å². The Bertz CT molecular complexity index is 462. The van der Waals surface area contributed by atoms with Gasteiger partial charge in [0.05, 0.1) is 17.9 Å². The molecule has 5 heteroatoms. The summed E-state index contributed by atoms with van der Waals surface area (Å²) in [6.45, 7) is 4.05. The van der Waals surface area contributed by atoms with Crippen LogP contribution < -0.4 is 5.32 Å². The monoisotopic (exact) mass is 252 g/mol. The Morgan fingerprint density at radius 1 is 1.61 bits per heavy atom. The Labute approximate surface area is 106 Å². The van der Waals surface area contributed by atoms with Gasteiger partial charge in [0.2, 0.25) is 0 Å². The molecule has 2 unspecified atom stereocenters. The fraction of sp³-hybridized carbons (Fsp3) is 0.538. The lowest BCUT2D eigenvalue weighted by Gasteiger charge is -2.51. The molecule has 1 aromatic heterocycles. The summed E-state index contributed by atoms with van der Waals surface area (Å²) in [6, 6.07) is 1.38. The maximum Gasteiger partial charge on any atom is 0.254 e. The molecule has 0 spiro atoms. The molecular weight excluding hydrogens is 235 g/mol. The molecule has 98 valence electrons. The van der Waals surface area contributed by atoms with E-state index in [0.29, 0.717) is 0 Å². The Balaban J connectivity index is 2.04. The van der Waals surface area contributed by atoms with Crippen molar-refractivity contribution in [3.05, 3.63) is 29.8 Å². The highest BCUT2D eigenvalue weighted by atomic mass is 19.1. The van der Waals surface area contributed by atoms with E-state index >= 15 is 0 Å². The second-order valence-electron chi connectivity index (χ2n) is 5.16. The zero-order valence-electron chi connectivity index (χ0n) is 10.7.